The van der Waals surface area contributed by atoms with Gasteiger partial charge in [0.2, 0.25) is 0 Å². The Bertz CT molecular complexity index is 693. The lowest BCUT2D eigenvalue weighted by atomic mass is 9.79. The van der Waals surface area contributed by atoms with E-state index in [1.807, 2.05) is 6.07 Å². The van der Waals surface area contributed by atoms with Crippen molar-refractivity contribution in [3.8, 4) is 6.07 Å². The van der Waals surface area contributed by atoms with E-state index in [9.17, 15) is 5.26 Å². The molecule has 3 rings (SSSR count). The number of benzene rings is 1. The van der Waals surface area contributed by atoms with Gasteiger partial charge in [-0.1, -0.05) is 31.2 Å². The zero-order valence-electron chi connectivity index (χ0n) is 12.8. The van der Waals surface area contributed by atoms with Crippen molar-refractivity contribution in [3.63, 3.8) is 0 Å². The van der Waals surface area contributed by atoms with Gasteiger partial charge in [-0.15, -0.1) is 0 Å². The summed E-state index contributed by atoms with van der Waals surface area (Å²) in [5.74, 6) is 0. The highest BCUT2D eigenvalue weighted by molar-refractivity contribution is 5.45. The number of rotatable bonds is 4. The molecule has 0 radical (unpaired) electrons. The summed E-state index contributed by atoms with van der Waals surface area (Å²) < 4.78 is 2.05. The molecule has 1 aromatic heterocycles. The second-order valence-corrected chi connectivity index (χ2v) is 5.82. The van der Waals surface area contributed by atoms with Crippen LogP contribution in [0.4, 0.5) is 0 Å². The summed E-state index contributed by atoms with van der Waals surface area (Å²) >= 11 is 0. The Morgan fingerprint density at radius 1 is 1.33 bits per heavy atom. The van der Waals surface area contributed by atoms with E-state index in [2.05, 4.69) is 54.0 Å². The van der Waals surface area contributed by atoms with Gasteiger partial charge in [-0.2, -0.15) is 10.4 Å². The van der Waals surface area contributed by atoms with Crippen LogP contribution in [-0.4, -0.2) is 9.78 Å². The maximum absolute atomic E-state index is 9.87. The number of nitrogens with zero attached hydrogens (tertiary/aromatic N) is 3. The van der Waals surface area contributed by atoms with Crippen LogP contribution in [0, 0.1) is 11.3 Å². The van der Waals surface area contributed by atoms with Gasteiger partial charge in [-0.3, -0.25) is 4.68 Å². The Balaban J connectivity index is 2.00. The van der Waals surface area contributed by atoms with E-state index in [1.165, 1.54) is 16.8 Å². The lowest BCUT2D eigenvalue weighted by Crippen LogP contribution is -2.25. The van der Waals surface area contributed by atoms with Gasteiger partial charge in [0.05, 0.1) is 17.2 Å². The summed E-state index contributed by atoms with van der Waals surface area (Å²) in [6.45, 7) is 5.09. The summed E-state index contributed by atoms with van der Waals surface area (Å²) in [5.41, 5.74) is 4.47. The van der Waals surface area contributed by atoms with Crippen LogP contribution >= 0.6 is 0 Å². The minimum absolute atomic E-state index is 0.380. The molecule has 0 N–H and O–H groups in total. The van der Waals surface area contributed by atoms with Crippen molar-refractivity contribution < 1.29 is 0 Å². The number of fused-ring (bicyclic) bond motifs is 1. The fourth-order valence-corrected chi connectivity index (χ4v) is 3.44. The third kappa shape index (κ3) is 2.25. The molecule has 0 saturated heterocycles. The highest BCUT2D eigenvalue weighted by Gasteiger charge is 2.39. The summed E-state index contributed by atoms with van der Waals surface area (Å²) in [5, 5.41) is 14.5. The molecule has 1 aromatic carbocycles. The van der Waals surface area contributed by atoms with Crippen LogP contribution in [0.5, 0.6) is 0 Å². The van der Waals surface area contributed by atoms with Gasteiger partial charge in [0, 0.05) is 18.7 Å². The molecule has 0 aliphatic heterocycles. The Kier molecular flexibility index (Phi) is 3.55. The van der Waals surface area contributed by atoms with Crippen LogP contribution in [0.15, 0.2) is 30.3 Å². The van der Waals surface area contributed by atoms with Crippen molar-refractivity contribution in [3.05, 3.63) is 52.8 Å². The zero-order chi connectivity index (χ0) is 14.9. The van der Waals surface area contributed by atoms with E-state index in [0.717, 1.165) is 37.9 Å². The van der Waals surface area contributed by atoms with Crippen LogP contribution in [0.25, 0.3) is 0 Å². The smallest absolute Gasteiger partial charge is 0.0883 e. The fourth-order valence-electron chi connectivity index (χ4n) is 3.44. The van der Waals surface area contributed by atoms with Crippen LogP contribution in [0.1, 0.15) is 42.8 Å². The Hall–Kier alpha value is -2.08. The molecule has 0 fully saturated rings. The minimum Gasteiger partial charge on any atom is -0.270 e. The van der Waals surface area contributed by atoms with Crippen molar-refractivity contribution >= 4 is 0 Å². The van der Waals surface area contributed by atoms with Crippen LogP contribution in [0.2, 0.25) is 0 Å². The molecular formula is C18H21N3. The quantitative estimate of drug-likeness (QED) is 0.860. The van der Waals surface area contributed by atoms with Gasteiger partial charge in [0.25, 0.3) is 0 Å². The Morgan fingerprint density at radius 3 is 2.86 bits per heavy atom. The molecule has 21 heavy (non-hydrogen) atoms. The third-order valence-corrected chi connectivity index (χ3v) is 4.63. The van der Waals surface area contributed by atoms with Crippen LogP contribution in [0.3, 0.4) is 0 Å². The first-order valence-corrected chi connectivity index (χ1v) is 7.77. The first-order chi connectivity index (χ1) is 10.2. The first-order valence-electron chi connectivity index (χ1n) is 7.77. The first kappa shape index (κ1) is 13.9. The maximum Gasteiger partial charge on any atom is 0.0883 e. The standard InChI is InChI=1S/C18H21N3/c1-3-15-11-16(21(4-2)20-15)12-18(13-19)10-9-14-7-5-6-8-17(14)18/h5-8,11H,3-4,9-10,12H2,1-2H3. The van der Waals surface area contributed by atoms with Gasteiger partial charge in [0.1, 0.15) is 0 Å². The molecule has 0 bridgehead atoms. The molecule has 0 amide bonds. The van der Waals surface area contributed by atoms with E-state index >= 15 is 0 Å². The molecule has 2 aromatic rings. The predicted octanol–water partition coefficient (Wildman–Crippen LogP) is 3.42. The monoisotopic (exact) mass is 279 g/mol. The molecule has 1 unspecified atom stereocenters. The molecule has 108 valence electrons. The lowest BCUT2D eigenvalue weighted by Gasteiger charge is -2.22. The average molecular weight is 279 g/mol. The molecule has 1 aliphatic rings. The fraction of sp³-hybridized carbons (Fsp3) is 0.444. The third-order valence-electron chi connectivity index (χ3n) is 4.63. The van der Waals surface area contributed by atoms with Crippen molar-refractivity contribution in [2.45, 2.75) is 51.5 Å². The highest BCUT2D eigenvalue weighted by Crippen LogP contribution is 2.41. The number of hydrogen-bond acceptors (Lipinski definition) is 2. The van der Waals surface area contributed by atoms with Gasteiger partial charge in [-0.05, 0) is 43.4 Å². The number of aromatic nitrogens is 2. The van der Waals surface area contributed by atoms with E-state index in [0.29, 0.717) is 0 Å². The molecule has 0 spiro atoms. The van der Waals surface area contributed by atoms with E-state index < -0.39 is 0 Å². The largest absolute Gasteiger partial charge is 0.270 e. The second kappa shape index (κ2) is 5.37. The van der Waals surface area contributed by atoms with Gasteiger partial charge < -0.3 is 0 Å². The van der Waals surface area contributed by atoms with Crippen molar-refractivity contribution in [1.29, 1.82) is 5.26 Å². The second-order valence-electron chi connectivity index (χ2n) is 5.82. The molecule has 1 aliphatic carbocycles. The van der Waals surface area contributed by atoms with E-state index in [4.69, 9.17) is 0 Å². The molecule has 0 saturated carbocycles. The van der Waals surface area contributed by atoms with Crippen molar-refractivity contribution in [2.75, 3.05) is 0 Å². The van der Waals surface area contributed by atoms with E-state index in [-0.39, 0.29) is 5.41 Å². The Morgan fingerprint density at radius 2 is 2.14 bits per heavy atom. The summed E-state index contributed by atoms with van der Waals surface area (Å²) in [4.78, 5) is 0. The minimum atomic E-state index is -0.380. The number of nitriles is 1. The molecular weight excluding hydrogens is 258 g/mol. The Labute approximate surface area is 126 Å². The summed E-state index contributed by atoms with van der Waals surface area (Å²) in [7, 11) is 0. The maximum atomic E-state index is 9.87. The van der Waals surface area contributed by atoms with Gasteiger partial charge >= 0.3 is 0 Å². The van der Waals surface area contributed by atoms with Crippen molar-refractivity contribution in [1.82, 2.24) is 9.78 Å². The van der Waals surface area contributed by atoms with Gasteiger partial charge in [0.15, 0.2) is 0 Å². The molecule has 1 atom stereocenters. The number of aryl methyl sites for hydroxylation is 3. The predicted molar refractivity (Wildman–Crippen MR) is 83.0 cm³/mol. The lowest BCUT2D eigenvalue weighted by molar-refractivity contribution is 0.503. The number of hydrogen-bond donors (Lipinski definition) is 0. The SMILES string of the molecule is CCc1cc(CC2(C#N)CCc3ccccc32)n(CC)n1. The van der Waals surface area contributed by atoms with Crippen molar-refractivity contribution in [2.24, 2.45) is 0 Å². The topological polar surface area (TPSA) is 41.6 Å². The average Bonchev–Trinajstić information content (AvgIpc) is 3.10. The molecule has 1 heterocycles. The summed E-state index contributed by atoms with van der Waals surface area (Å²) in [6.07, 6.45) is 3.63. The summed E-state index contributed by atoms with van der Waals surface area (Å²) in [6, 6.07) is 13.2. The zero-order valence-corrected chi connectivity index (χ0v) is 12.8. The van der Waals surface area contributed by atoms with Crippen LogP contribution < -0.4 is 0 Å². The highest BCUT2D eigenvalue weighted by atomic mass is 15.3. The normalized spacial score (nSPS) is 20.2. The van der Waals surface area contributed by atoms with Gasteiger partial charge in [-0.25, -0.2) is 0 Å². The van der Waals surface area contributed by atoms with Crippen LogP contribution in [-0.2, 0) is 31.2 Å². The molecule has 3 heteroatoms. The molecule has 3 nitrogen and oxygen atoms in total. The van der Waals surface area contributed by atoms with E-state index in [1.54, 1.807) is 0 Å².